The lowest BCUT2D eigenvalue weighted by Gasteiger charge is -2.18. The monoisotopic (exact) mass is 835 g/mol. The summed E-state index contributed by atoms with van der Waals surface area (Å²) in [4.78, 5) is 65.6. The molecule has 0 unspecified atom stereocenters. The number of hydrogen-bond acceptors (Lipinski definition) is 11. The van der Waals surface area contributed by atoms with E-state index in [1.54, 1.807) is 34.1 Å². The molecule has 3 rings (SSSR count). The van der Waals surface area contributed by atoms with Crippen LogP contribution in [-0.4, -0.2) is 92.9 Å². The molecule has 310 valence electrons. The summed E-state index contributed by atoms with van der Waals surface area (Å²) in [5.41, 5.74) is 7.59. The Hall–Kier alpha value is -4.87. The summed E-state index contributed by atoms with van der Waals surface area (Å²) in [5, 5.41) is 30.2. The lowest BCUT2D eigenvalue weighted by molar-refractivity contribution is -0.385. The maximum atomic E-state index is 11.8. The fraction of sp³-hybridized carbons (Fsp3) is 0.389. The van der Waals surface area contributed by atoms with Gasteiger partial charge in [-0.15, -0.1) is 23.2 Å². The number of amides is 2. The first kappa shape index (κ1) is 59.4. The van der Waals surface area contributed by atoms with Gasteiger partial charge in [0.25, 0.3) is 34.9 Å². The summed E-state index contributed by atoms with van der Waals surface area (Å²) in [7, 11) is 0. The van der Waals surface area contributed by atoms with Crippen molar-refractivity contribution in [3.05, 3.63) is 110 Å². The lowest BCUT2D eigenvalue weighted by Crippen LogP contribution is -2.30. The van der Waals surface area contributed by atoms with Crippen molar-refractivity contribution in [3.63, 3.8) is 0 Å². The largest absolute Gasteiger partial charge is 0.483 e. The fourth-order valence-corrected chi connectivity index (χ4v) is 3.83. The van der Waals surface area contributed by atoms with Gasteiger partial charge in [0, 0.05) is 72.8 Å². The van der Waals surface area contributed by atoms with E-state index >= 15 is 0 Å². The Labute approximate surface area is 338 Å². The van der Waals surface area contributed by atoms with E-state index < -0.39 is 15.1 Å². The molecule has 0 bridgehead atoms. The Morgan fingerprint density at radius 1 is 0.691 bits per heavy atom. The summed E-state index contributed by atoms with van der Waals surface area (Å²) in [5.74, 6) is -0.0325. The molecule has 7 N–H and O–H groups in total. The smallest absolute Gasteiger partial charge is 0.290 e. The molecule has 2 amide bonds. The number of carbonyl (C=O) groups excluding carboxylic acids is 3. The number of nitrogen functional groups attached to an aromatic ring is 1. The number of nitro groups is 2. The van der Waals surface area contributed by atoms with E-state index in [-0.39, 0.29) is 54.1 Å². The van der Waals surface area contributed by atoms with Gasteiger partial charge in [-0.25, -0.2) is 0 Å². The average Bonchev–Trinajstić information content (AvgIpc) is 3.14. The van der Waals surface area contributed by atoms with Gasteiger partial charge in [0.1, 0.15) is 0 Å². The first-order chi connectivity index (χ1) is 25.1. The highest BCUT2D eigenvalue weighted by atomic mass is 35.5. The van der Waals surface area contributed by atoms with Crippen LogP contribution < -0.4 is 17.2 Å². The minimum atomic E-state index is -0.620. The Kier molecular flexibility index (Phi) is 40.4. The Morgan fingerprint density at radius 3 is 1.15 bits per heavy atom. The van der Waals surface area contributed by atoms with E-state index in [1.807, 2.05) is 27.7 Å². The molecule has 0 aliphatic heterocycles. The molecule has 0 atom stereocenters. The first-order valence-corrected chi connectivity index (χ1v) is 17.6. The average molecular weight is 837 g/mol. The Morgan fingerprint density at radius 2 is 0.945 bits per heavy atom. The van der Waals surface area contributed by atoms with Crippen LogP contribution in [0, 0.1) is 20.2 Å². The van der Waals surface area contributed by atoms with E-state index in [2.05, 4.69) is 19.2 Å². The van der Waals surface area contributed by atoms with Crippen LogP contribution in [-0.2, 0) is 4.79 Å². The summed E-state index contributed by atoms with van der Waals surface area (Å²) in [6.45, 7) is 16.6. The predicted octanol–water partition coefficient (Wildman–Crippen LogP) is 8.34. The minimum Gasteiger partial charge on any atom is -0.483 e. The summed E-state index contributed by atoms with van der Waals surface area (Å²) in [6, 6.07) is 17.8. The number of carboxylic acid groups (broad SMARTS) is 1. The standard InChI is InChI=1S/C11H14N2O3.C11H16N2O.C7H4ClNO3.C4H11N.CH2Cl2.CH2O2.CH4.H3N/c1-3-12(4-2)11(14)9-5-7-10(8-6-9)13(15)16;1-3-13(4-2)11(14)9-5-7-10(12)8-6-9;8-7(10)5-1-3-6(4-2-5)9(11)12;1-3-5-4-2;2*2-1-3;;/h5-8H,3-4H2,1-2H3;5-8H,3-4,12H2,1-2H3;1-4H;5H,3-4H2,1-2H3;1H2;1H,(H,2,3);1H4;1H3. The summed E-state index contributed by atoms with van der Waals surface area (Å²) in [6.07, 6.45) is 0. The Bertz CT molecular complexity index is 1440. The molecule has 0 aliphatic carbocycles. The third-order valence-corrected chi connectivity index (χ3v) is 6.61. The highest BCUT2D eigenvalue weighted by molar-refractivity contribution is 6.67. The number of non-ortho nitro benzene ring substituents is 2. The number of rotatable bonds is 11. The van der Waals surface area contributed by atoms with Gasteiger partial charge in [-0.2, -0.15) is 0 Å². The van der Waals surface area contributed by atoms with Crippen molar-refractivity contribution in [3.8, 4) is 0 Å². The third-order valence-electron chi connectivity index (χ3n) is 6.39. The second-order valence-electron chi connectivity index (χ2n) is 9.62. The van der Waals surface area contributed by atoms with Gasteiger partial charge < -0.3 is 32.1 Å². The zero-order chi connectivity index (χ0) is 41.4. The van der Waals surface area contributed by atoms with Crippen LogP contribution in [0.15, 0.2) is 72.8 Å². The van der Waals surface area contributed by atoms with Gasteiger partial charge in [-0.05, 0) is 101 Å². The number of nitrogens with zero attached hydrogens (tertiary/aromatic N) is 4. The number of nitrogens with two attached hydrogens (primary N) is 1. The van der Waals surface area contributed by atoms with Crippen LogP contribution in [0.4, 0.5) is 17.1 Å². The number of nitro benzene ring substituents is 2. The molecule has 0 radical (unpaired) electrons. The second kappa shape index (κ2) is 37.4. The molecule has 0 aromatic heterocycles. The number of nitrogens with one attached hydrogen (secondary N) is 1. The van der Waals surface area contributed by atoms with Gasteiger partial charge in [-0.1, -0.05) is 21.3 Å². The molecule has 0 heterocycles. The molecule has 0 saturated heterocycles. The van der Waals surface area contributed by atoms with E-state index in [0.29, 0.717) is 29.9 Å². The van der Waals surface area contributed by atoms with Gasteiger partial charge in [0.05, 0.1) is 15.2 Å². The Balaban J connectivity index is -0.000000198. The van der Waals surface area contributed by atoms with Crippen molar-refractivity contribution < 1.29 is 34.1 Å². The minimum absolute atomic E-state index is 0. The SMILES string of the molecule is C.CCN(CC)C(=O)c1ccc(N)cc1.CCN(CC)C(=O)c1ccc([N+](=O)[O-])cc1.CCNCC.ClCCl.N.O=C(Cl)c1ccc([N+](=O)[O-])cc1.O=CO. The van der Waals surface area contributed by atoms with Crippen LogP contribution in [0.25, 0.3) is 0 Å². The molecule has 16 nitrogen and oxygen atoms in total. The van der Waals surface area contributed by atoms with Gasteiger partial charge in [-0.3, -0.25) is 39.4 Å². The zero-order valence-corrected chi connectivity index (χ0v) is 33.6. The van der Waals surface area contributed by atoms with Crippen molar-refractivity contribution >= 4 is 75.4 Å². The van der Waals surface area contributed by atoms with Crippen LogP contribution in [0.1, 0.15) is 80.0 Å². The van der Waals surface area contributed by atoms with Crippen LogP contribution >= 0.6 is 34.8 Å². The highest BCUT2D eigenvalue weighted by Gasteiger charge is 2.14. The second-order valence-corrected chi connectivity index (χ2v) is 10.8. The van der Waals surface area contributed by atoms with Crippen molar-refractivity contribution in [1.29, 1.82) is 0 Å². The number of benzene rings is 3. The predicted molar refractivity (Wildman–Crippen MR) is 223 cm³/mol. The van der Waals surface area contributed by atoms with E-state index in [9.17, 15) is 34.6 Å². The normalized spacial score (nSPS) is 8.75. The molecule has 0 saturated carbocycles. The molecule has 0 spiro atoms. The number of carbonyl (C=O) groups is 4. The number of anilines is 1. The lowest BCUT2D eigenvalue weighted by atomic mass is 10.2. The molecular weight excluding hydrogens is 781 g/mol. The third kappa shape index (κ3) is 27.4. The number of alkyl halides is 2. The first-order valence-electron chi connectivity index (χ1n) is 16.2. The molecule has 0 aliphatic rings. The van der Waals surface area contributed by atoms with Crippen LogP contribution in [0.3, 0.4) is 0 Å². The number of halogens is 3. The van der Waals surface area contributed by atoms with Crippen molar-refractivity contribution in [1.82, 2.24) is 21.3 Å². The van der Waals surface area contributed by atoms with Crippen molar-refractivity contribution in [2.75, 3.05) is 50.3 Å². The van der Waals surface area contributed by atoms with Crippen molar-refractivity contribution in [2.45, 2.75) is 49.0 Å². The quantitative estimate of drug-likeness (QED) is 0.0355. The maximum Gasteiger partial charge on any atom is 0.290 e. The fourth-order valence-electron chi connectivity index (χ4n) is 3.70. The number of hydrogen-bond donors (Lipinski definition) is 4. The van der Waals surface area contributed by atoms with Crippen molar-refractivity contribution in [2.24, 2.45) is 0 Å². The molecule has 55 heavy (non-hydrogen) atoms. The molecule has 3 aromatic rings. The zero-order valence-electron chi connectivity index (χ0n) is 31.4. The van der Waals surface area contributed by atoms with Gasteiger partial charge in [0.15, 0.2) is 0 Å². The summed E-state index contributed by atoms with van der Waals surface area (Å²) >= 11 is 14.7. The van der Waals surface area contributed by atoms with E-state index in [4.69, 9.17) is 50.4 Å². The van der Waals surface area contributed by atoms with Crippen LogP contribution in [0.5, 0.6) is 0 Å². The topological polar surface area (TPSA) is 254 Å². The van der Waals surface area contributed by atoms with Gasteiger partial charge >= 0.3 is 0 Å². The van der Waals surface area contributed by atoms with E-state index in [0.717, 1.165) is 26.2 Å². The molecule has 0 fully saturated rings. The summed E-state index contributed by atoms with van der Waals surface area (Å²) < 4.78 is 0. The molecular formula is C36H56Cl3N7O9. The van der Waals surface area contributed by atoms with Crippen LogP contribution in [0.2, 0.25) is 0 Å². The molecule has 3 aromatic carbocycles. The molecule has 19 heteroatoms. The highest BCUT2D eigenvalue weighted by Crippen LogP contribution is 2.14. The maximum absolute atomic E-state index is 11.8. The van der Waals surface area contributed by atoms with E-state index in [1.165, 1.54) is 48.5 Å². The van der Waals surface area contributed by atoms with Gasteiger partial charge in [0.2, 0.25) is 0 Å².